The number of rotatable bonds is 6. The quantitative estimate of drug-likeness (QED) is 0.849. The summed E-state index contributed by atoms with van der Waals surface area (Å²) in [5.74, 6) is 1.32. The second-order valence-electron chi connectivity index (χ2n) is 7.76. The number of nitrogens with zero attached hydrogens (tertiary/aromatic N) is 3. The van der Waals surface area contributed by atoms with Crippen LogP contribution in [0.5, 0.6) is 0 Å². The predicted molar refractivity (Wildman–Crippen MR) is 102 cm³/mol. The molecule has 1 atom stereocenters. The standard InChI is InChI=1S/C21H28N4O2/c26-21(17-9-6-12-25(15-17)18-10-4-5-11-18)22-14-19-23-20(27-24-19)13-16-7-2-1-3-8-16/h1-3,7-8,17-18H,4-6,9-15H2,(H,22,26)/t17-/m1/s1. The van der Waals surface area contributed by atoms with E-state index in [2.05, 4.69) is 20.4 Å². The van der Waals surface area contributed by atoms with Crippen LogP contribution in [0.2, 0.25) is 0 Å². The van der Waals surface area contributed by atoms with Crippen LogP contribution in [0.1, 0.15) is 55.8 Å². The Morgan fingerprint density at radius 2 is 1.96 bits per heavy atom. The normalized spacial score (nSPS) is 21.4. The zero-order valence-corrected chi connectivity index (χ0v) is 15.8. The molecule has 1 saturated heterocycles. The molecule has 6 nitrogen and oxygen atoms in total. The molecule has 1 amide bonds. The monoisotopic (exact) mass is 368 g/mol. The summed E-state index contributed by atoms with van der Waals surface area (Å²) in [6.45, 7) is 2.36. The van der Waals surface area contributed by atoms with Crippen LogP contribution in [-0.4, -0.2) is 40.1 Å². The lowest BCUT2D eigenvalue weighted by Crippen LogP contribution is -2.46. The van der Waals surface area contributed by atoms with Crippen LogP contribution in [0.4, 0.5) is 0 Å². The van der Waals surface area contributed by atoms with Gasteiger partial charge in [-0.3, -0.25) is 9.69 Å². The summed E-state index contributed by atoms with van der Waals surface area (Å²) in [4.78, 5) is 19.5. The van der Waals surface area contributed by atoms with E-state index in [4.69, 9.17) is 4.52 Å². The van der Waals surface area contributed by atoms with Crippen LogP contribution in [0, 0.1) is 5.92 Å². The summed E-state index contributed by atoms with van der Waals surface area (Å²) in [5.41, 5.74) is 1.13. The minimum Gasteiger partial charge on any atom is -0.348 e. The van der Waals surface area contributed by atoms with Crippen LogP contribution in [0.15, 0.2) is 34.9 Å². The lowest BCUT2D eigenvalue weighted by atomic mass is 9.95. The highest BCUT2D eigenvalue weighted by atomic mass is 16.5. The van der Waals surface area contributed by atoms with Crippen molar-refractivity contribution in [2.45, 2.75) is 57.5 Å². The molecule has 1 aliphatic carbocycles. The average molecular weight is 368 g/mol. The van der Waals surface area contributed by atoms with E-state index in [1.54, 1.807) is 0 Å². The predicted octanol–water partition coefficient (Wildman–Crippen LogP) is 2.93. The van der Waals surface area contributed by atoms with Crippen molar-refractivity contribution in [3.8, 4) is 0 Å². The summed E-state index contributed by atoms with van der Waals surface area (Å²) in [6, 6.07) is 10.7. The number of carbonyl (C=O) groups is 1. The van der Waals surface area contributed by atoms with Gasteiger partial charge in [0.25, 0.3) is 0 Å². The van der Waals surface area contributed by atoms with Gasteiger partial charge in [0.05, 0.1) is 18.9 Å². The average Bonchev–Trinajstić information content (AvgIpc) is 3.39. The number of amides is 1. The van der Waals surface area contributed by atoms with Crippen LogP contribution < -0.4 is 5.32 Å². The van der Waals surface area contributed by atoms with Crippen molar-refractivity contribution < 1.29 is 9.32 Å². The Morgan fingerprint density at radius 1 is 1.15 bits per heavy atom. The van der Waals surface area contributed by atoms with Crippen LogP contribution in [-0.2, 0) is 17.8 Å². The molecule has 2 aromatic rings. The SMILES string of the molecule is O=C(NCc1noc(Cc2ccccc2)n1)[C@@H]1CCCN(C2CCCC2)C1. The largest absolute Gasteiger partial charge is 0.348 e. The maximum absolute atomic E-state index is 12.6. The summed E-state index contributed by atoms with van der Waals surface area (Å²) in [6.07, 6.45) is 7.95. The zero-order valence-electron chi connectivity index (χ0n) is 15.8. The van der Waals surface area contributed by atoms with E-state index in [-0.39, 0.29) is 11.8 Å². The Morgan fingerprint density at radius 3 is 2.78 bits per heavy atom. The maximum atomic E-state index is 12.6. The fourth-order valence-electron chi connectivity index (χ4n) is 4.34. The molecule has 1 aromatic heterocycles. The molecule has 1 aromatic carbocycles. The van der Waals surface area contributed by atoms with Crippen molar-refractivity contribution in [1.82, 2.24) is 20.4 Å². The first kappa shape index (κ1) is 18.2. The number of piperidine rings is 1. The van der Waals surface area contributed by atoms with Gasteiger partial charge in [-0.1, -0.05) is 48.3 Å². The molecule has 1 aliphatic heterocycles. The third kappa shape index (κ3) is 4.75. The number of nitrogens with one attached hydrogen (secondary N) is 1. The smallest absolute Gasteiger partial charge is 0.231 e. The van der Waals surface area contributed by atoms with Gasteiger partial charge in [0.2, 0.25) is 11.8 Å². The van der Waals surface area contributed by atoms with E-state index < -0.39 is 0 Å². The summed E-state index contributed by atoms with van der Waals surface area (Å²) in [7, 11) is 0. The molecular weight excluding hydrogens is 340 g/mol. The van der Waals surface area contributed by atoms with Crippen LogP contribution >= 0.6 is 0 Å². The van der Waals surface area contributed by atoms with Crippen molar-refractivity contribution in [3.05, 3.63) is 47.6 Å². The first-order valence-electron chi connectivity index (χ1n) is 10.1. The molecule has 0 radical (unpaired) electrons. The van der Waals surface area contributed by atoms with Gasteiger partial charge in [0.15, 0.2) is 5.82 Å². The molecule has 2 heterocycles. The van der Waals surface area contributed by atoms with Gasteiger partial charge in [0.1, 0.15) is 0 Å². The van der Waals surface area contributed by atoms with E-state index >= 15 is 0 Å². The summed E-state index contributed by atoms with van der Waals surface area (Å²) >= 11 is 0. The minimum absolute atomic E-state index is 0.0787. The van der Waals surface area contributed by atoms with Crippen LogP contribution in [0.25, 0.3) is 0 Å². The van der Waals surface area contributed by atoms with Gasteiger partial charge >= 0.3 is 0 Å². The highest BCUT2D eigenvalue weighted by Crippen LogP contribution is 2.28. The Labute approximate surface area is 160 Å². The van der Waals surface area contributed by atoms with E-state index in [1.807, 2.05) is 30.3 Å². The van der Waals surface area contributed by atoms with Crippen LogP contribution in [0.3, 0.4) is 0 Å². The lowest BCUT2D eigenvalue weighted by molar-refractivity contribution is -0.127. The topological polar surface area (TPSA) is 71.3 Å². The van der Waals surface area contributed by atoms with Crippen molar-refractivity contribution in [2.24, 2.45) is 5.92 Å². The van der Waals surface area contributed by atoms with Crippen molar-refractivity contribution in [3.63, 3.8) is 0 Å². The molecular formula is C21H28N4O2. The molecule has 0 spiro atoms. The Hall–Kier alpha value is -2.21. The molecule has 1 saturated carbocycles. The van der Waals surface area contributed by atoms with Gasteiger partial charge in [-0.25, -0.2) is 0 Å². The van der Waals surface area contributed by atoms with E-state index in [0.29, 0.717) is 30.7 Å². The molecule has 1 N–H and O–H groups in total. The highest BCUT2D eigenvalue weighted by Gasteiger charge is 2.31. The number of hydrogen-bond donors (Lipinski definition) is 1. The number of likely N-dealkylation sites (tertiary alicyclic amines) is 1. The second-order valence-corrected chi connectivity index (χ2v) is 7.76. The molecule has 0 unspecified atom stereocenters. The van der Waals surface area contributed by atoms with E-state index in [9.17, 15) is 4.79 Å². The van der Waals surface area contributed by atoms with E-state index in [1.165, 1.54) is 25.7 Å². The minimum atomic E-state index is 0.0787. The van der Waals surface area contributed by atoms with Gasteiger partial charge in [0, 0.05) is 12.6 Å². The summed E-state index contributed by atoms with van der Waals surface area (Å²) < 4.78 is 5.31. The highest BCUT2D eigenvalue weighted by molar-refractivity contribution is 5.78. The fourth-order valence-corrected chi connectivity index (χ4v) is 4.34. The second kappa shape index (κ2) is 8.65. The molecule has 6 heteroatoms. The third-order valence-electron chi connectivity index (χ3n) is 5.79. The Kier molecular flexibility index (Phi) is 5.82. The van der Waals surface area contributed by atoms with Gasteiger partial charge in [-0.2, -0.15) is 4.98 Å². The number of benzene rings is 1. The molecule has 2 aliphatic rings. The maximum Gasteiger partial charge on any atom is 0.231 e. The Balaban J connectivity index is 1.26. The van der Waals surface area contributed by atoms with Crippen molar-refractivity contribution in [2.75, 3.05) is 13.1 Å². The number of hydrogen-bond acceptors (Lipinski definition) is 5. The third-order valence-corrected chi connectivity index (χ3v) is 5.79. The first-order valence-corrected chi connectivity index (χ1v) is 10.1. The molecule has 4 rings (SSSR count). The molecule has 0 bridgehead atoms. The lowest BCUT2D eigenvalue weighted by Gasteiger charge is -2.36. The van der Waals surface area contributed by atoms with Gasteiger partial charge in [-0.15, -0.1) is 0 Å². The van der Waals surface area contributed by atoms with Gasteiger partial charge < -0.3 is 9.84 Å². The van der Waals surface area contributed by atoms with Crippen molar-refractivity contribution in [1.29, 1.82) is 0 Å². The molecule has 27 heavy (non-hydrogen) atoms. The fraction of sp³-hybridized carbons (Fsp3) is 0.571. The molecule has 144 valence electrons. The summed E-state index contributed by atoms with van der Waals surface area (Å²) in [5, 5.41) is 7.00. The van der Waals surface area contributed by atoms with E-state index in [0.717, 1.165) is 31.5 Å². The first-order chi connectivity index (χ1) is 13.3. The van der Waals surface area contributed by atoms with Crippen molar-refractivity contribution >= 4 is 5.91 Å². The van der Waals surface area contributed by atoms with Gasteiger partial charge in [-0.05, 0) is 37.8 Å². The Bertz CT molecular complexity index is 740. The number of aromatic nitrogens is 2. The molecule has 2 fully saturated rings. The zero-order chi connectivity index (χ0) is 18.5. The number of carbonyl (C=O) groups excluding carboxylic acids is 1.